The predicted octanol–water partition coefficient (Wildman–Crippen LogP) is 3.41. The van der Waals surface area contributed by atoms with Crippen LogP contribution in [0.15, 0.2) is 0 Å². The van der Waals surface area contributed by atoms with Crippen molar-refractivity contribution < 1.29 is 0 Å². The zero-order valence-electron chi connectivity index (χ0n) is 12.2. The second-order valence-corrected chi connectivity index (χ2v) is 5.71. The molecule has 1 aliphatic carbocycles. The van der Waals surface area contributed by atoms with Crippen molar-refractivity contribution in [2.45, 2.75) is 71.3 Å². The second kappa shape index (κ2) is 7.38. The summed E-state index contributed by atoms with van der Waals surface area (Å²) in [5.74, 6) is 0.958. The quantitative estimate of drug-likeness (QED) is 0.739. The van der Waals surface area contributed by atoms with Gasteiger partial charge in [-0.1, -0.05) is 33.6 Å². The van der Waals surface area contributed by atoms with Crippen LogP contribution < -0.4 is 5.73 Å². The van der Waals surface area contributed by atoms with Crippen molar-refractivity contribution in [1.82, 2.24) is 4.90 Å². The lowest BCUT2D eigenvalue weighted by Crippen LogP contribution is -2.56. The van der Waals surface area contributed by atoms with Gasteiger partial charge in [-0.3, -0.25) is 4.90 Å². The van der Waals surface area contributed by atoms with Crippen molar-refractivity contribution in [3.05, 3.63) is 0 Å². The monoisotopic (exact) mass is 240 g/mol. The Morgan fingerprint density at radius 1 is 1.18 bits per heavy atom. The topological polar surface area (TPSA) is 29.3 Å². The van der Waals surface area contributed by atoms with Crippen LogP contribution in [-0.2, 0) is 0 Å². The standard InChI is InChI=1S/C15H32N2/c1-4-7-12-17(6-3)15(13-16)10-8-14(5-2)9-11-15/h14H,4-13,16H2,1-3H3. The molecule has 0 aromatic heterocycles. The molecule has 0 spiro atoms. The minimum absolute atomic E-state index is 0.329. The Morgan fingerprint density at radius 3 is 2.24 bits per heavy atom. The first-order chi connectivity index (χ1) is 8.22. The fraction of sp³-hybridized carbons (Fsp3) is 1.00. The van der Waals surface area contributed by atoms with Crippen molar-refractivity contribution in [1.29, 1.82) is 0 Å². The third kappa shape index (κ3) is 3.69. The summed E-state index contributed by atoms with van der Waals surface area (Å²) in [6.45, 7) is 10.1. The predicted molar refractivity (Wildman–Crippen MR) is 76.2 cm³/mol. The summed E-state index contributed by atoms with van der Waals surface area (Å²) in [6, 6.07) is 0. The van der Waals surface area contributed by atoms with E-state index >= 15 is 0 Å². The molecule has 2 heteroatoms. The van der Waals surface area contributed by atoms with Gasteiger partial charge in [-0.2, -0.15) is 0 Å². The maximum absolute atomic E-state index is 6.13. The molecular weight excluding hydrogens is 208 g/mol. The molecule has 0 unspecified atom stereocenters. The molecular formula is C15H32N2. The zero-order chi connectivity index (χ0) is 12.7. The van der Waals surface area contributed by atoms with Crippen LogP contribution in [0.4, 0.5) is 0 Å². The first-order valence-corrected chi connectivity index (χ1v) is 7.67. The number of nitrogens with zero attached hydrogens (tertiary/aromatic N) is 1. The summed E-state index contributed by atoms with van der Waals surface area (Å²) >= 11 is 0. The molecule has 1 rings (SSSR count). The molecule has 1 fully saturated rings. The van der Waals surface area contributed by atoms with E-state index in [1.807, 2.05) is 0 Å². The third-order valence-corrected chi connectivity index (χ3v) is 4.83. The fourth-order valence-corrected chi connectivity index (χ4v) is 3.35. The Morgan fingerprint density at radius 2 is 1.82 bits per heavy atom. The highest BCUT2D eigenvalue weighted by molar-refractivity contribution is 4.95. The highest BCUT2D eigenvalue weighted by atomic mass is 15.2. The van der Waals surface area contributed by atoms with Gasteiger partial charge in [0.25, 0.3) is 0 Å². The molecule has 0 amide bonds. The van der Waals surface area contributed by atoms with Crippen molar-refractivity contribution in [2.75, 3.05) is 19.6 Å². The molecule has 0 radical (unpaired) electrons. The van der Waals surface area contributed by atoms with Crippen LogP contribution in [0.3, 0.4) is 0 Å². The number of nitrogens with two attached hydrogens (primary N) is 1. The maximum atomic E-state index is 6.13. The molecule has 2 nitrogen and oxygen atoms in total. The van der Waals surface area contributed by atoms with E-state index in [9.17, 15) is 0 Å². The van der Waals surface area contributed by atoms with Crippen molar-refractivity contribution >= 4 is 0 Å². The molecule has 0 atom stereocenters. The number of unbranched alkanes of at least 4 members (excludes halogenated alkanes) is 1. The third-order valence-electron chi connectivity index (χ3n) is 4.83. The molecule has 1 saturated carbocycles. The van der Waals surface area contributed by atoms with Crippen LogP contribution in [0.2, 0.25) is 0 Å². The molecule has 0 aliphatic heterocycles. The van der Waals surface area contributed by atoms with Crippen molar-refractivity contribution in [3.8, 4) is 0 Å². The van der Waals surface area contributed by atoms with Crippen LogP contribution in [-0.4, -0.2) is 30.1 Å². The van der Waals surface area contributed by atoms with E-state index in [0.29, 0.717) is 5.54 Å². The van der Waals surface area contributed by atoms with Crippen molar-refractivity contribution in [2.24, 2.45) is 11.7 Å². The van der Waals surface area contributed by atoms with E-state index in [1.165, 1.54) is 51.5 Å². The summed E-state index contributed by atoms with van der Waals surface area (Å²) in [6.07, 6.45) is 9.36. The molecule has 102 valence electrons. The average molecular weight is 240 g/mol. The Labute approximate surface area is 108 Å². The lowest BCUT2D eigenvalue weighted by atomic mass is 9.74. The lowest BCUT2D eigenvalue weighted by Gasteiger charge is -2.47. The number of rotatable bonds is 7. The van der Waals surface area contributed by atoms with Crippen LogP contribution in [0, 0.1) is 5.92 Å². The summed E-state index contributed by atoms with van der Waals surface area (Å²) < 4.78 is 0. The van der Waals surface area contributed by atoms with Gasteiger partial charge in [0.15, 0.2) is 0 Å². The van der Waals surface area contributed by atoms with Crippen molar-refractivity contribution in [3.63, 3.8) is 0 Å². The highest BCUT2D eigenvalue weighted by Gasteiger charge is 2.37. The normalized spacial score (nSPS) is 29.8. The van der Waals surface area contributed by atoms with Crippen LogP contribution in [0.25, 0.3) is 0 Å². The summed E-state index contributed by atoms with van der Waals surface area (Å²) in [5.41, 5.74) is 6.46. The zero-order valence-corrected chi connectivity index (χ0v) is 12.2. The molecule has 0 bridgehead atoms. The SMILES string of the molecule is CCCCN(CC)C1(CN)CCC(CC)CC1. The van der Waals surface area contributed by atoms with Gasteiger partial charge in [-0.05, 0) is 51.1 Å². The number of hydrogen-bond acceptors (Lipinski definition) is 2. The molecule has 0 saturated heterocycles. The Balaban J connectivity index is 2.60. The maximum Gasteiger partial charge on any atom is 0.0331 e. The Bertz CT molecular complexity index is 195. The largest absolute Gasteiger partial charge is 0.329 e. The summed E-state index contributed by atoms with van der Waals surface area (Å²) in [7, 11) is 0. The van der Waals surface area contributed by atoms with E-state index in [1.54, 1.807) is 0 Å². The van der Waals surface area contributed by atoms with Gasteiger partial charge in [0.1, 0.15) is 0 Å². The van der Waals surface area contributed by atoms with Gasteiger partial charge in [0, 0.05) is 12.1 Å². The molecule has 0 aromatic carbocycles. The van der Waals surface area contributed by atoms with E-state index in [0.717, 1.165) is 19.0 Å². The van der Waals surface area contributed by atoms with Gasteiger partial charge < -0.3 is 5.73 Å². The Hall–Kier alpha value is -0.0800. The van der Waals surface area contributed by atoms with Gasteiger partial charge in [0.05, 0.1) is 0 Å². The fourth-order valence-electron chi connectivity index (χ4n) is 3.35. The number of hydrogen-bond donors (Lipinski definition) is 1. The van der Waals surface area contributed by atoms with Gasteiger partial charge in [-0.25, -0.2) is 0 Å². The van der Waals surface area contributed by atoms with E-state index in [4.69, 9.17) is 5.73 Å². The van der Waals surface area contributed by atoms with E-state index in [2.05, 4.69) is 25.7 Å². The van der Waals surface area contributed by atoms with Crippen LogP contribution in [0.1, 0.15) is 65.7 Å². The van der Waals surface area contributed by atoms with Gasteiger partial charge in [0.2, 0.25) is 0 Å². The minimum atomic E-state index is 0.329. The average Bonchev–Trinajstić information content (AvgIpc) is 2.40. The second-order valence-electron chi connectivity index (χ2n) is 5.71. The number of likely N-dealkylation sites (N-methyl/N-ethyl adjacent to an activating group) is 1. The first-order valence-electron chi connectivity index (χ1n) is 7.67. The van der Waals surface area contributed by atoms with Crippen LogP contribution in [0.5, 0.6) is 0 Å². The molecule has 17 heavy (non-hydrogen) atoms. The lowest BCUT2D eigenvalue weighted by molar-refractivity contribution is 0.0447. The minimum Gasteiger partial charge on any atom is -0.329 e. The highest BCUT2D eigenvalue weighted by Crippen LogP contribution is 2.37. The summed E-state index contributed by atoms with van der Waals surface area (Å²) in [5, 5.41) is 0. The molecule has 0 heterocycles. The van der Waals surface area contributed by atoms with Gasteiger partial charge in [-0.15, -0.1) is 0 Å². The Kier molecular flexibility index (Phi) is 6.50. The summed E-state index contributed by atoms with van der Waals surface area (Å²) in [4.78, 5) is 2.67. The molecule has 0 aromatic rings. The smallest absolute Gasteiger partial charge is 0.0331 e. The van der Waals surface area contributed by atoms with Crippen LogP contribution >= 0.6 is 0 Å². The van der Waals surface area contributed by atoms with E-state index < -0.39 is 0 Å². The first kappa shape index (κ1) is 15.0. The molecule has 1 aliphatic rings. The van der Waals surface area contributed by atoms with Gasteiger partial charge >= 0.3 is 0 Å². The molecule has 2 N–H and O–H groups in total. The van der Waals surface area contributed by atoms with E-state index in [-0.39, 0.29) is 0 Å².